The van der Waals surface area contributed by atoms with Gasteiger partial charge in [0.25, 0.3) is 0 Å². The number of hydrazine groups is 1. The second kappa shape index (κ2) is 16.3. The van der Waals surface area contributed by atoms with Crippen molar-refractivity contribution in [1.82, 2.24) is 10.9 Å². The number of ether oxygens (including phenoxy) is 1. The molecule has 0 unspecified atom stereocenters. The van der Waals surface area contributed by atoms with Crippen LogP contribution in [0.1, 0.15) is 12.8 Å². The third-order valence-electron chi connectivity index (χ3n) is 0.979. The van der Waals surface area contributed by atoms with E-state index in [9.17, 15) is 0 Å². The second-order valence-corrected chi connectivity index (χ2v) is 1.97. The molecule has 1 rings (SSSR count). The zero-order valence-electron chi connectivity index (χ0n) is 7.35. The van der Waals surface area contributed by atoms with Crippen molar-refractivity contribution in [2.45, 2.75) is 12.8 Å². The summed E-state index contributed by atoms with van der Waals surface area (Å²) in [5.41, 5.74) is 6.07. The number of methoxy groups -OCH3 is 1. The molecule has 1 heterocycles. The van der Waals surface area contributed by atoms with Crippen LogP contribution in [-0.2, 0) is 9.53 Å². The molecule has 4 nitrogen and oxygen atoms in total. The largest absolute Gasteiger partial charge is 0.388 e. The summed E-state index contributed by atoms with van der Waals surface area (Å²) in [5, 5.41) is 0. The van der Waals surface area contributed by atoms with Crippen LogP contribution in [0.3, 0.4) is 0 Å². The summed E-state index contributed by atoms with van der Waals surface area (Å²) in [6.07, 6.45) is 2.65. The maximum absolute atomic E-state index is 8.00. The van der Waals surface area contributed by atoms with Crippen molar-refractivity contribution in [3.63, 3.8) is 0 Å². The Bertz CT molecular complexity index is 46.9. The number of carbonyl (C=O) groups is 1. The summed E-state index contributed by atoms with van der Waals surface area (Å²) in [7, 11) is 3.25. The Morgan fingerprint density at radius 3 is 1.45 bits per heavy atom. The average Bonchev–Trinajstić information content (AvgIpc) is 2.12. The van der Waals surface area contributed by atoms with Gasteiger partial charge in [-0.15, -0.1) is 0 Å². The molecule has 0 aromatic rings. The van der Waals surface area contributed by atoms with E-state index in [0.717, 1.165) is 13.1 Å². The van der Waals surface area contributed by atoms with Gasteiger partial charge < -0.3 is 9.53 Å². The lowest BCUT2D eigenvalue weighted by molar-refractivity contribution is -0.0979. The first-order valence-electron chi connectivity index (χ1n) is 3.56. The maximum Gasteiger partial charge on any atom is 0.106 e. The Morgan fingerprint density at radius 1 is 1.09 bits per heavy atom. The van der Waals surface area contributed by atoms with Gasteiger partial charge in [0.15, 0.2) is 0 Å². The first-order chi connectivity index (χ1) is 5.41. The van der Waals surface area contributed by atoms with Crippen LogP contribution < -0.4 is 10.9 Å². The predicted octanol–water partition coefficient (Wildman–Crippen LogP) is -0.0479. The Morgan fingerprint density at radius 2 is 1.36 bits per heavy atom. The molecule has 4 heteroatoms. The molecule has 68 valence electrons. The summed E-state index contributed by atoms with van der Waals surface area (Å²) in [4.78, 5) is 8.00. The molecule has 1 saturated heterocycles. The van der Waals surface area contributed by atoms with Gasteiger partial charge in [0.05, 0.1) is 0 Å². The van der Waals surface area contributed by atoms with Gasteiger partial charge in [0.1, 0.15) is 6.79 Å². The fourth-order valence-electron chi connectivity index (χ4n) is 0.604. The van der Waals surface area contributed by atoms with E-state index in [2.05, 4.69) is 15.6 Å². The van der Waals surface area contributed by atoms with Gasteiger partial charge >= 0.3 is 0 Å². The van der Waals surface area contributed by atoms with Gasteiger partial charge in [0.2, 0.25) is 0 Å². The van der Waals surface area contributed by atoms with Crippen LogP contribution in [0.25, 0.3) is 0 Å². The minimum Gasteiger partial charge on any atom is -0.388 e. The van der Waals surface area contributed by atoms with Crippen LogP contribution in [0.15, 0.2) is 0 Å². The molecule has 1 fully saturated rings. The second-order valence-electron chi connectivity index (χ2n) is 1.97. The van der Waals surface area contributed by atoms with Crippen molar-refractivity contribution in [1.29, 1.82) is 0 Å². The first-order valence-corrected chi connectivity index (χ1v) is 3.56. The SMILES string of the molecule is C1CCNNC1.C=O.COC. The molecule has 0 bridgehead atoms. The Labute approximate surface area is 68.3 Å². The van der Waals surface area contributed by atoms with Gasteiger partial charge in [-0.2, -0.15) is 0 Å². The van der Waals surface area contributed by atoms with Crippen LogP contribution in [0.2, 0.25) is 0 Å². The highest BCUT2D eigenvalue weighted by Crippen LogP contribution is 1.85. The molecule has 0 aliphatic carbocycles. The summed E-state index contributed by atoms with van der Waals surface area (Å²) >= 11 is 0. The molecular formula is C7H18N2O2. The molecule has 0 spiro atoms. The van der Waals surface area contributed by atoms with E-state index in [0.29, 0.717) is 0 Å². The molecule has 1 aliphatic rings. The maximum atomic E-state index is 8.00. The number of nitrogens with one attached hydrogen (secondary N) is 2. The minimum atomic E-state index is 1.14. The standard InChI is InChI=1S/C4H10N2.C2H6O.CH2O/c1-2-4-6-5-3-1;1-3-2;1-2/h5-6H,1-4H2;1-2H3;1H2. The molecule has 1 aliphatic heterocycles. The van der Waals surface area contributed by atoms with Crippen molar-refractivity contribution in [2.75, 3.05) is 27.3 Å². The van der Waals surface area contributed by atoms with Gasteiger partial charge in [-0.3, -0.25) is 10.9 Å². The lowest BCUT2D eigenvalue weighted by atomic mass is 10.3. The molecule has 0 aromatic heterocycles. The normalized spacial score (nSPS) is 15.1. The minimum absolute atomic E-state index is 1.14. The van der Waals surface area contributed by atoms with Gasteiger partial charge in [-0.05, 0) is 12.8 Å². The molecule has 11 heavy (non-hydrogen) atoms. The fourth-order valence-corrected chi connectivity index (χ4v) is 0.604. The fraction of sp³-hybridized carbons (Fsp3) is 0.857. The summed E-state index contributed by atoms with van der Waals surface area (Å²) in [5.74, 6) is 0. The number of carbonyl (C=O) groups excluding carboxylic acids is 1. The van der Waals surface area contributed by atoms with Gasteiger partial charge in [-0.1, -0.05) is 0 Å². The first kappa shape index (κ1) is 13.2. The highest BCUT2D eigenvalue weighted by molar-refractivity contribution is 5.10. The van der Waals surface area contributed by atoms with E-state index in [4.69, 9.17) is 4.79 Å². The molecule has 0 saturated carbocycles. The Balaban J connectivity index is 0. The topological polar surface area (TPSA) is 50.4 Å². The molecule has 0 radical (unpaired) electrons. The number of rotatable bonds is 0. The number of hydrogen-bond donors (Lipinski definition) is 2. The van der Waals surface area contributed by atoms with Crippen molar-refractivity contribution in [3.8, 4) is 0 Å². The molecular weight excluding hydrogens is 144 g/mol. The van der Waals surface area contributed by atoms with Crippen molar-refractivity contribution in [2.24, 2.45) is 0 Å². The van der Waals surface area contributed by atoms with E-state index in [-0.39, 0.29) is 0 Å². The van der Waals surface area contributed by atoms with Gasteiger partial charge in [-0.25, -0.2) is 0 Å². The lowest BCUT2D eigenvalue weighted by Gasteiger charge is -2.10. The van der Waals surface area contributed by atoms with Crippen LogP contribution >= 0.6 is 0 Å². The van der Waals surface area contributed by atoms with Crippen molar-refractivity contribution < 1.29 is 9.53 Å². The van der Waals surface area contributed by atoms with Crippen molar-refractivity contribution >= 4 is 6.79 Å². The van der Waals surface area contributed by atoms with E-state index in [1.54, 1.807) is 14.2 Å². The third-order valence-corrected chi connectivity index (χ3v) is 0.979. The molecule has 0 aromatic carbocycles. The lowest BCUT2D eigenvalue weighted by Crippen LogP contribution is -2.37. The number of hydrogen-bond acceptors (Lipinski definition) is 4. The summed E-state index contributed by atoms with van der Waals surface area (Å²) in [6.45, 7) is 4.28. The Hall–Kier alpha value is -0.450. The molecule has 0 atom stereocenters. The average molecular weight is 162 g/mol. The van der Waals surface area contributed by atoms with E-state index < -0.39 is 0 Å². The summed E-state index contributed by atoms with van der Waals surface area (Å²) in [6, 6.07) is 0. The summed E-state index contributed by atoms with van der Waals surface area (Å²) < 4.78 is 4.25. The predicted molar refractivity (Wildman–Crippen MR) is 45.3 cm³/mol. The highest BCUT2D eigenvalue weighted by Gasteiger charge is 1.92. The van der Waals surface area contributed by atoms with Crippen molar-refractivity contribution in [3.05, 3.63) is 0 Å². The third kappa shape index (κ3) is 17.7. The smallest absolute Gasteiger partial charge is 0.106 e. The van der Waals surface area contributed by atoms with E-state index in [1.165, 1.54) is 12.8 Å². The monoisotopic (exact) mass is 162 g/mol. The van der Waals surface area contributed by atoms with Crippen LogP contribution in [-0.4, -0.2) is 34.1 Å². The van der Waals surface area contributed by atoms with Gasteiger partial charge in [0, 0.05) is 27.3 Å². The highest BCUT2D eigenvalue weighted by atomic mass is 16.4. The zero-order chi connectivity index (χ0) is 8.95. The van der Waals surface area contributed by atoms with E-state index >= 15 is 0 Å². The van der Waals surface area contributed by atoms with E-state index in [1.807, 2.05) is 6.79 Å². The molecule has 0 amide bonds. The van der Waals surface area contributed by atoms with Crippen LogP contribution in [0.4, 0.5) is 0 Å². The van der Waals surface area contributed by atoms with Crippen LogP contribution in [0.5, 0.6) is 0 Å². The molecule has 2 N–H and O–H groups in total. The van der Waals surface area contributed by atoms with Crippen LogP contribution in [0, 0.1) is 0 Å². The Kier molecular flexibility index (Phi) is 19.5. The zero-order valence-corrected chi connectivity index (χ0v) is 7.35. The quantitative estimate of drug-likeness (QED) is 0.524.